The molecule has 0 aliphatic rings. The van der Waals surface area contributed by atoms with Crippen molar-refractivity contribution in [3.05, 3.63) is 40.9 Å². The minimum Gasteiger partial charge on any atom is -0.418 e. The maximum atomic E-state index is 12.3. The molecule has 0 fully saturated rings. The number of halogens is 1. The highest BCUT2D eigenvalue weighted by atomic mass is 19.1. The molecule has 0 amide bonds. The fourth-order valence-electron chi connectivity index (χ4n) is 0.676. The lowest BCUT2D eigenvalue weighted by Crippen LogP contribution is -1.97. The second-order valence-electron chi connectivity index (χ2n) is 1.98. The van der Waals surface area contributed by atoms with Gasteiger partial charge in [-0.15, -0.1) is 0 Å². The average molecular weight is 155 g/mol. The Labute approximate surface area is 62.6 Å². The van der Waals surface area contributed by atoms with Gasteiger partial charge >= 0.3 is 0 Å². The van der Waals surface area contributed by atoms with E-state index >= 15 is 0 Å². The van der Waals surface area contributed by atoms with Gasteiger partial charge in [0.2, 0.25) is 6.21 Å². The molecule has 0 aromatic heterocycles. The zero-order valence-electron chi connectivity index (χ0n) is 5.57. The Morgan fingerprint density at radius 1 is 1.36 bits per heavy atom. The second-order valence-corrected chi connectivity index (χ2v) is 1.98. The minimum absolute atomic E-state index is 0.326. The average Bonchev–Trinajstić information content (AvgIpc) is 1.93. The molecule has 0 heterocycles. The van der Waals surface area contributed by atoms with Crippen molar-refractivity contribution >= 4 is 6.21 Å². The van der Waals surface area contributed by atoms with Crippen LogP contribution in [0.5, 0.6) is 0 Å². The molecule has 0 aliphatic heterocycles. The monoisotopic (exact) mass is 155 g/mol. The normalized spacial score (nSPS) is 11.5. The first kappa shape index (κ1) is 7.53. The molecule has 0 unspecified atom stereocenters. The highest BCUT2D eigenvalue weighted by Crippen LogP contribution is 1.99. The Kier molecular flexibility index (Phi) is 2.06. The van der Waals surface area contributed by atoms with Crippen LogP contribution >= 0.6 is 0 Å². The number of rotatable bonds is 1. The van der Waals surface area contributed by atoms with Gasteiger partial charge in [0.1, 0.15) is 5.82 Å². The van der Waals surface area contributed by atoms with Gasteiger partial charge in [0.15, 0.2) is 0 Å². The van der Waals surface area contributed by atoms with E-state index in [2.05, 4.69) is 0 Å². The molecule has 0 saturated heterocycles. The molecule has 1 aromatic carbocycles. The van der Waals surface area contributed by atoms with Crippen LogP contribution in [0.15, 0.2) is 24.3 Å². The Morgan fingerprint density at radius 3 is 2.36 bits per heavy atom. The molecule has 1 N–H and O–H groups in total. The second kappa shape index (κ2) is 3.01. The summed E-state index contributed by atoms with van der Waals surface area (Å²) in [6.45, 7) is 0. The van der Waals surface area contributed by atoms with E-state index in [0.29, 0.717) is 5.56 Å². The molecule has 0 atom stereocenters. The molecule has 0 aliphatic carbocycles. The minimum atomic E-state index is -0.377. The van der Waals surface area contributed by atoms with Crippen LogP contribution in [-0.4, -0.2) is 16.3 Å². The van der Waals surface area contributed by atoms with E-state index in [9.17, 15) is 9.60 Å². The van der Waals surface area contributed by atoms with Crippen LogP contribution in [0.2, 0.25) is 0 Å². The van der Waals surface area contributed by atoms with Gasteiger partial charge in [-0.05, 0) is 24.3 Å². The number of benzene rings is 1. The molecule has 1 aromatic rings. The summed E-state index contributed by atoms with van der Waals surface area (Å²) >= 11 is 0. The molecule has 0 spiro atoms. The van der Waals surface area contributed by atoms with Gasteiger partial charge in [-0.3, -0.25) is 5.21 Å². The highest BCUT2D eigenvalue weighted by molar-refractivity contribution is 5.75. The Morgan fingerprint density at radius 2 is 1.91 bits per heavy atom. The van der Waals surface area contributed by atoms with Crippen molar-refractivity contribution in [2.45, 2.75) is 0 Å². The predicted octanol–water partition coefficient (Wildman–Crippen LogP) is 1.14. The van der Waals surface area contributed by atoms with Gasteiger partial charge in [-0.1, -0.05) is 0 Å². The molecule has 1 rings (SSSR count). The van der Waals surface area contributed by atoms with Crippen molar-refractivity contribution in [1.82, 2.24) is 0 Å². The molecular formula is C7H6FNO2. The Balaban J connectivity index is 2.91. The molecular weight excluding hydrogens is 149 g/mol. The van der Waals surface area contributed by atoms with E-state index in [1.807, 2.05) is 0 Å². The summed E-state index contributed by atoms with van der Waals surface area (Å²) in [6.07, 6.45) is 0.930. The summed E-state index contributed by atoms with van der Waals surface area (Å²) in [4.78, 5) is -0.326. The first-order valence-corrected chi connectivity index (χ1v) is 2.94. The molecule has 3 nitrogen and oxygen atoms in total. The fourth-order valence-corrected chi connectivity index (χ4v) is 0.676. The largest absolute Gasteiger partial charge is 0.418 e. The summed E-state index contributed by atoms with van der Waals surface area (Å²) < 4.78 is 12.3. The quantitative estimate of drug-likeness (QED) is 0.286. The fraction of sp³-hybridized carbons (Fsp3) is 0. The summed E-state index contributed by atoms with van der Waals surface area (Å²) in [5.41, 5.74) is 0.448. The standard InChI is InChI=1S/C7H6FNO2/c8-7-3-1-6(2-4-7)5-9(10)11/h1-5H,(H,10,11). The summed E-state index contributed by atoms with van der Waals surface area (Å²) in [6, 6.07) is 5.18. The SMILES string of the molecule is [O-][N+](O)=Cc1ccc(F)cc1. The molecule has 0 bridgehead atoms. The zero-order valence-corrected chi connectivity index (χ0v) is 5.57. The maximum absolute atomic E-state index is 12.3. The van der Waals surface area contributed by atoms with Crippen molar-refractivity contribution in [1.29, 1.82) is 0 Å². The van der Waals surface area contributed by atoms with Crippen molar-refractivity contribution in [2.24, 2.45) is 0 Å². The summed E-state index contributed by atoms with van der Waals surface area (Å²) in [5, 5.41) is 18.2. The molecule has 58 valence electrons. The topological polar surface area (TPSA) is 46.3 Å². The van der Waals surface area contributed by atoms with E-state index in [4.69, 9.17) is 5.21 Å². The number of hydrogen-bond donors (Lipinski definition) is 1. The lowest BCUT2D eigenvalue weighted by Gasteiger charge is -1.89. The van der Waals surface area contributed by atoms with E-state index in [0.717, 1.165) is 6.21 Å². The van der Waals surface area contributed by atoms with Gasteiger partial charge in [0, 0.05) is 10.5 Å². The van der Waals surface area contributed by atoms with Gasteiger partial charge in [0.05, 0.1) is 0 Å². The highest BCUT2D eigenvalue weighted by Gasteiger charge is 1.93. The van der Waals surface area contributed by atoms with Gasteiger partial charge in [0.25, 0.3) is 0 Å². The summed E-state index contributed by atoms with van der Waals surface area (Å²) in [5.74, 6) is -0.377. The van der Waals surface area contributed by atoms with Crippen LogP contribution in [0.25, 0.3) is 0 Å². The zero-order chi connectivity index (χ0) is 8.27. The Hall–Kier alpha value is -1.58. The third kappa shape index (κ3) is 2.25. The van der Waals surface area contributed by atoms with Crippen LogP contribution in [0.1, 0.15) is 5.56 Å². The lowest BCUT2D eigenvalue weighted by atomic mass is 10.2. The predicted molar refractivity (Wildman–Crippen MR) is 37.0 cm³/mol. The van der Waals surface area contributed by atoms with Crippen molar-refractivity contribution in [3.8, 4) is 0 Å². The third-order valence-electron chi connectivity index (χ3n) is 1.13. The summed E-state index contributed by atoms with van der Waals surface area (Å²) in [7, 11) is 0. The first-order chi connectivity index (χ1) is 5.18. The van der Waals surface area contributed by atoms with Crippen molar-refractivity contribution < 1.29 is 14.5 Å². The van der Waals surface area contributed by atoms with Crippen molar-refractivity contribution in [3.63, 3.8) is 0 Å². The van der Waals surface area contributed by atoms with E-state index < -0.39 is 0 Å². The molecule has 11 heavy (non-hydrogen) atoms. The third-order valence-corrected chi connectivity index (χ3v) is 1.13. The lowest BCUT2D eigenvalue weighted by molar-refractivity contribution is -0.722. The van der Waals surface area contributed by atoms with Crippen LogP contribution in [0.4, 0.5) is 4.39 Å². The number of hydrogen-bond acceptors (Lipinski definition) is 2. The number of nitrogens with zero attached hydrogens (tertiary/aromatic N) is 1. The van der Waals surface area contributed by atoms with Crippen LogP contribution < -0.4 is 0 Å². The van der Waals surface area contributed by atoms with E-state index in [1.54, 1.807) is 0 Å². The van der Waals surface area contributed by atoms with Crippen LogP contribution in [0.3, 0.4) is 0 Å². The Bertz CT molecular complexity index is 264. The van der Waals surface area contributed by atoms with Gasteiger partial charge in [-0.25, -0.2) is 4.39 Å². The maximum Gasteiger partial charge on any atom is 0.240 e. The van der Waals surface area contributed by atoms with Crippen LogP contribution in [0, 0.1) is 11.0 Å². The molecule has 4 heteroatoms. The smallest absolute Gasteiger partial charge is 0.240 e. The molecule has 0 saturated carbocycles. The van der Waals surface area contributed by atoms with Crippen LogP contribution in [-0.2, 0) is 0 Å². The first-order valence-electron chi connectivity index (χ1n) is 2.94. The van der Waals surface area contributed by atoms with E-state index in [1.165, 1.54) is 24.3 Å². The van der Waals surface area contributed by atoms with Gasteiger partial charge in [-0.2, -0.15) is 0 Å². The van der Waals surface area contributed by atoms with Gasteiger partial charge < -0.3 is 5.21 Å². The van der Waals surface area contributed by atoms with Crippen molar-refractivity contribution in [2.75, 3.05) is 0 Å². The molecule has 0 radical (unpaired) electrons. The van der Waals surface area contributed by atoms with E-state index in [-0.39, 0.29) is 10.7 Å².